The second-order valence-electron chi connectivity index (χ2n) is 5.54. The summed E-state index contributed by atoms with van der Waals surface area (Å²) in [6.45, 7) is 6.37. The predicted octanol–water partition coefficient (Wildman–Crippen LogP) is 2.16. The fourth-order valence-electron chi connectivity index (χ4n) is 1.87. The Morgan fingerprint density at radius 1 is 1.56 bits per heavy atom. The van der Waals surface area contributed by atoms with Crippen LogP contribution in [0.3, 0.4) is 0 Å². The molecule has 1 fully saturated rings. The smallest absolute Gasteiger partial charge is 0.312 e. The number of nitrogens with zero attached hydrogens (tertiary/aromatic N) is 1. The van der Waals surface area contributed by atoms with E-state index in [2.05, 4.69) is 31.2 Å². The summed E-state index contributed by atoms with van der Waals surface area (Å²) in [5.74, 6) is 0.735. The maximum atomic E-state index is 11.9. The number of ether oxygens (including phenoxy) is 1. The first kappa shape index (κ1) is 13.5. The summed E-state index contributed by atoms with van der Waals surface area (Å²) in [4.78, 5) is 19.3. The van der Waals surface area contributed by atoms with Gasteiger partial charge in [-0.25, -0.2) is 4.98 Å². The highest BCUT2D eigenvalue weighted by molar-refractivity contribution is 9.10. The lowest BCUT2D eigenvalue weighted by atomic mass is 9.97. The molecule has 5 nitrogen and oxygen atoms in total. The largest absolute Gasteiger partial charge is 0.445 e. The lowest BCUT2D eigenvalue weighted by molar-refractivity contribution is -0.160. The second kappa shape index (κ2) is 5.01. The molecular weight excluding hydrogens is 298 g/mol. The van der Waals surface area contributed by atoms with E-state index in [-0.39, 0.29) is 18.1 Å². The van der Waals surface area contributed by atoms with E-state index in [0.29, 0.717) is 0 Å². The zero-order valence-electron chi connectivity index (χ0n) is 10.8. The molecular formula is C12H18BrN3O2. The first-order valence-corrected chi connectivity index (χ1v) is 6.82. The van der Waals surface area contributed by atoms with Gasteiger partial charge in [0.1, 0.15) is 10.4 Å². The standard InChI is InChI=1S/C12H18BrN3O2/c1-12(2,3)11(17)18-10-7(4-5-14-10)9-15-6-8(13)16-9/h6-7,10,14H,4-5H2,1-3H3,(H,15,16)/t7-,10?/m0/s1. The van der Waals surface area contributed by atoms with Crippen molar-refractivity contribution >= 4 is 21.9 Å². The van der Waals surface area contributed by atoms with E-state index in [9.17, 15) is 4.79 Å². The number of nitrogens with one attached hydrogen (secondary N) is 2. The van der Waals surface area contributed by atoms with E-state index >= 15 is 0 Å². The number of imidazole rings is 1. The van der Waals surface area contributed by atoms with Crippen molar-refractivity contribution in [1.29, 1.82) is 0 Å². The van der Waals surface area contributed by atoms with Crippen molar-refractivity contribution in [1.82, 2.24) is 15.3 Å². The van der Waals surface area contributed by atoms with E-state index in [1.54, 1.807) is 6.20 Å². The lowest BCUT2D eigenvalue weighted by Crippen LogP contribution is -2.36. The molecule has 1 unspecified atom stereocenters. The fourth-order valence-corrected chi connectivity index (χ4v) is 2.18. The van der Waals surface area contributed by atoms with Crippen LogP contribution in [0.15, 0.2) is 10.8 Å². The van der Waals surface area contributed by atoms with Crippen LogP contribution < -0.4 is 5.32 Å². The van der Waals surface area contributed by atoms with Gasteiger partial charge in [-0.1, -0.05) is 0 Å². The van der Waals surface area contributed by atoms with Crippen molar-refractivity contribution in [2.45, 2.75) is 39.3 Å². The van der Waals surface area contributed by atoms with Gasteiger partial charge in [-0.2, -0.15) is 0 Å². The molecule has 0 aliphatic carbocycles. The number of H-pyrrole nitrogens is 1. The Kier molecular flexibility index (Phi) is 3.77. The Balaban J connectivity index is 2.07. The Hall–Kier alpha value is -0.880. The Morgan fingerprint density at radius 3 is 2.83 bits per heavy atom. The van der Waals surface area contributed by atoms with Gasteiger partial charge in [0.2, 0.25) is 0 Å². The third-order valence-electron chi connectivity index (χ3n) is 2.93. The van der Waals surface area contributed by atoms with Crippen LogP contribution in [0, 0.1) is 5.41 Å². The summed E-state index contributed by atoms with van der Waals surface area (Å²) >= 11 is 3.34. The van der Waals surface area contributed by atoms with E-state index in [0.717, 1.165) is 23.4 Å². The molecule has 0 saturated carbocycles. The van der Waals surface area contributed by atoms with Crippen LogP contribution in [0.1, 0.15) is 38.9 Å². The predicted molar refractivity (Wildman–Crippen MR) is 71.0 cm³/mol. The van der Waals surface area contributed by atoms with Crippen LogP contribution in [0.5, 0.6) is 0 Å². The summed E-state index contributed by atoms with van der Waals surface area (Å²) in [6, 6.07) is 0. The number of esters is 1. The molecule has 100 valence electrons. The van der Waals surface area contributed by atoms with Crippen LogP contribution in [-0.2, 0) is 9.53 Å². The Labute approximate surface area is 115 Å². The maximum Gasteiger partial charge on any atom is 0.312 e. The highest BCUT2D eigenvalue weighted by atomic mass is 79.9. The van der Waals surface area contributed by atoms with E-state index in [1.807, 2.05) is 20.8 Å². The van der Waals surface area contributed by atoms with Crippen molar-refractivity contribution in [2.75, 3.05) is 6.54 Å². The van der Waals surface area contributed by atoms with E-state index in [4.69, 9.17) is 4.74 Å². The van der Waals surface area contributed by atoms with Crippen LogP contribution >= 0.6 is 15.9 Å². The highest BCUT2D eigenvalue weighted by Crippen LogP contribution is 2.29. The number of carbonyl (C=O) groups excluding carboxylic acids is 1. The zero-order valence-corrected chi connectivity index (χ0v) is 12.4. The number of aromatic amines is 1. The fraction of sp³-hybridized carbons (Fsp3) is 0.667. The topological polar surface area (TPSA) is 67.0 Å². The minimum atomic E-state index is -0.488. The first-order valence-electron chi connectivity index (χ1n) is 6.03. The lowest BCUT2D eigenvalue weighted by Gasteiger charge is -2.23. The molecule has 2 atom stereocenters. The molecule has 1 aromatic rings. The number of carbonyl (C=O) groups is 1. The number of rotatable bonds is 2. The van der Waals surface area contributed by atoms with Crippen molar-refractivity contribution < 1.29 is 9.53 Å². The minimum Gasteiger partial charge on any atom is -0.445 e. The van der Waals surface area contributed by atoms with Gasteiger partial charge in [0.15, 0.2) is 6.23 Å². The summed E-state index contributed by atoms with van der Waals surface area (Å²) in [6.07, 6.45) is 2.33. The van der Waals surface area contributed by atoms with Crippen molar-refractivity contribution in [3.8, 4) is 0 Å². The summed E-state index contributed by atoms with van der Waals surface area (Å²) in [5, 5.41) is 3.20. The average molecular weight is 316 g/mol. The molecule has 2 heterocycles. The molecule has 18 heavy (non-hydrogen) atoms. The molecule has 0 bridgehead atoms. The van der Waals surface area contributed by atoms with Gasteiger partial charge < -0.3 is 9.72 Å². The molecule has 2 N–H and O–H groups in total. The normalized spacial score (nSPS) is 24.2. The Bertz CT molecular complexity index is 439. The van der Waals surface area contributed by atoms with Gasteiger partial charge in [-0.3, -0.25) is 10.1 Å². The number of hydrogen-bond donors (Lipinski definition) is 2. The van der Waals surface area contributed by atoms with Gasteiger partial charge >= 0.3 is 5.97 Å². The van der Waals surface area contributed by atoms with Crippen molar-refractivity contribution in [3.63, 3.8) is 0 Å². The second-order valence-corrected chi connectivity index (χ2v) is 6.40. The molecule has 6 heteroatoms. The quantitative estimate of drug-likeness (QED) is 0.821. The molecule has 1 aliphatic rings. The van der Waals surface area contributed by atoms with Crippen molar-refractivity contribution in [2.24, 2.45) is 5.41 Å². The van der Waals surface area contributed by atoms with Crippen molar-refractivity contribution in [3.05, 3.63) is 16.6 Å². The SMILES string of the molecule is CC(C)(C)C(=O)OC1NCC[C@H]1c1ncc(Br)[nH]1. The summed E-state index contributed by atoms with van der Waals surface area (Å²) < 4.78 is 6.36. The number of halogens is 1. The monoisotopic (exact) mass is 315 g/mol. The number of hydrogen-bond acceptors (Lipinski definition) is 4. The highest BCUT2D eigenvalue weighted by Gasteiger charge is 2.35. The molecule has 2 rings (SSSR count). The molecule has 1 aromatic heterocycles. The molecule has 0 radical (unpaired) electrons. The molecule has 1 aliphatic heterocycles. The van der Waals surface area contributed by atoms with Crippen LogP contribution in [0.4, 0.5) is 0 Å². The first-order chi connectivity index (χ1) is 8.38. The van der Waals surface area contributed by atoms with Crippen LogP contribution in [0.2, 0.25) is 0 Å². The van der Waals surface area contributed by atoms with Gasteiger partial charge in [0.25, 0.3) is 0 Å². The maximum absolute atomic E-state index is 11.9. The molecule has 1 saturated heterocycles. The number of aromatic nitrogens is 2. The minimum absolute atomic E-state index is 0.0857. The third-order valence-corrected chi connectivity index (χ3v) is 3.33. The van der Waals surface area contributed by atoms with Crippen LogP contribution in [-0.4, -0.2) is 28.7 Å². The summed E-state index contributed by atoms with van der Waals surface area (Å²) in [7, 11) is 0. The molecule has 0 spiro atoms. The zero-order chi connectivity index (χ0) is 13.3. The van der Waals surface area contributed by atoms with Crippen LogP contribution in [0.25, 0.3) is 0 Å². The average Bonchev–Trinajstić information content (AvgIpc) is 2.85. The Morgan fingerprint density at radius 2 is 2.28 bits per heavy atom. The van der Waals surface area contributed by atoms with Gasteiger partial charge in [0.05, 0.1) is 17.5 Å². The molecule has 0 amide bonds. The van der Waals surface area contributed by atoms with E-state index < -0.39 is 5.41 Å². The van der Waals surface area contributed by atoms with E-state index in [1.165, 1.54) is 0 Å². The van der Waals surface area contributed by atoms with Gasteiger partial charge in [-0.05, 0) is 49.7 Å². The van der Waals surface area contributed by atoms with Gasteiger partial charge in [-0.15, -0.1) is 0 Å². The summed E-state index contributed by atoms with van der Waals surface area (Å²) in [5.41, 5.74) is -0.488. The molecule has 0 aromatic carbocycles. The third kappa shape index (κ3) is 2.92. The van der Waals surface area contributed by atoms with Gasteiger partial charge in [0, 0.05) is 0 Å².